The molecule has 0 aliphatic heterocycles. The lowest BCUT2D eigenvalue weighted by Crippen LogP contribution is -2.34. The molecule has 1 atom stereocenters. The number of thiocarbonyl (C=S) groups is 1. The van der Waals surface area contributed by atoms with Crippen LogP contribution in [0, 0.1) is 0 Å². The lowest BCUT2D eigenvalue weighted by molar-refractivity contribution is 0.0937. The second kappa shape index (κ2) is 13.1. The third-order valence-corrected chi connectivity index (χ3v) is 5.29. The van der Waals surface area contributed by atoms with Gasteiger partial charge in [-0.1, -0.05) is 31.2 Å². The van der Waals surface area contributed by atoms with Gasteiger partial charge in [-0.25, -0.2) is 0 Å². The highest BCUT2D eigenvalue weighted by Gasteiger charge is 2.11. The molecule has 0 aliphatic rings. The fourth-order valence-electron chi connectivity index (χ4n) is 3.01. The fourth-order valence-corrected chi connectivity index (χ4v) is 3.23. The Kier molecular flexibility index (Phi) is 9.62. The Labute approximate surface area is 210 Å². The Hall–Kier alpha value is -3.91. The first-order valence-electron chi connectivity index (χ1n) is 11.4. The molecule has 0 aliphatic carbocycles. The molecule has 0 spiro atoms. The maximum absolute atomic E-state index is 12.6. The summed E-state index contributed by atoms with van der Waals surface area (Å²) in [4.78, 5) is 24.8. The van der Waals surface area contributed by atoms with Crippen LogP contribution in [0.3, 0.4) is 0 Å². The molecule has 35 heavy (non-hydrogen) atoms. The quantitative estimate of drug-likeness (QED) is 0.279. The van der Waals surface area contributed by atoms with Gasteiger partial charge in [0.1, 0.15) is 24.7 Å². The van der Waals surface area contributed by atoms with Gasteiger partial charge in [0.05, 0.1) is 0 Å². The van der Waals surface area contributed by atoms with Crippen LogP contribution in [-0.2, 0) is 0 Å². The van der Waals surface area contributed by atoms with Crippen molar-refractivity contribution < 1.29 is 19.1 Å². The highest BCUT2D eigenvalue weighted by atomic mass is 32.1. The third kappa shape index (κ3) is 8.42. The van der Waals surface area contributed by atoms with E-state index in [0.29, 0.717) is 35.8 Å². The number of rotatable bonds is 10. The summed E-state index contributed by atoms with van der Waals surface area (Å²) >= 11 is 5.26. The summed E-state index contributed by atoms with van der Waals surface area (Å²) < 4.78 is 11.3. The zero-order chi connectivity index (χ0) is 25.0. The molecule has 3 rings (SSSR count). The van der Waals surface area contributed by atoms with Crippen molar-refractivity contribution in [1.82, 2.24) is 10.6 Å². The topological polar surface area (TPSA) is 88.7 Å². The molecule has 2 amide bonds. The van der Waals surface area contributed by atoms with E-state index in [1.54, 1.807) is 48.5 Å². The van der Waals surface area contributed by atoms with Gasteiger partial charge < -0.3 is 20.1 Å². The number of carbonyl (C=O) groups excluding carboxylic acids is 2. The van der Waals surface area contributed by atoms with Gasteiger partial charge in [0.15, 0.2) is 5.11 Å². The van der Waals surface area contributed by atoms with Crippen LogP contribution in [0.5, 0.6) is 11.5 Å². The zero-order valence-electron chi connectivity index (χ0n) is 19.7. The molecule has 0 bridgehead atoms. The molecule has 3 aromatic rings. The van der Waals surface area contributed by atoms with Gasteiger partial charge in [0, 0.05) is 22.9 Å². The molecule has 0 saturated heterocycles. The Balaban J connectivity index is 1.46. The normalized spacial score (nSPS) is 11.1. The summed E-state index contributed by atoms with van der Waals surface area (Å²) in [6.45, 7) is 4.69. The van der Waals surface area contributed by atoms with E-state index >= 15 is 0 Å². The smallest absolute Gasteiger partial charge is 0.257 e. The molecule has 8 heteroatoms. The highest BCUT2D eigenvalue weighted by Crippen LogP contribution is 2.15. The molecule has 3 aromatic carbocycles. The van der Waals surface area contributed by atoms with Crippen LogP contribution in [0.25, 0.3) is 0 Å². The average molecular weight is 492 g/mol. The second-order valence-corrected chi connectivity index (χ2v) is 8.21. The van der Waals surface area contributed by atoms with Crippen LogP contribution < -0.4 is 25.4 Å². The van der Waals surface area contributed by atoms with Crippen LogP contribution in [0.1, 0.15) is 41.0 Å². The predicted octanol–water partition coefficient (Wildman–Crippen LogP) is 4.80. The first-order chi connectivity index (χ1) is 16.9. The van der Waals surface area contributed by atoms with Gasteiger partial charge >= 0.3 is 0 Å². The van der Waals surface area contributed by atoms with E-state index in [9.17, 15) is 9.59 Å². The van der Waals surface area contributed by atoms with Crippen molar-refractivity contribution in [3.63, 3.8) is 0 Å². The molecule has 7 nitrogen and oxygen atoms in total. The summed E-state index contributed by atoms with van der Waals surface area (Å²) in [5, 5.41) is 8.67. The van der Waals surface area contributed by atoms with Gasteiger partial charge in [-0.3, -0.25) is 14.9 Å². The first kappa shape index (κ1) is 25.7. The Bertz CT molecular complexity index is 1140. The minimum Gasteiger partial charge on any atom is -0.490 e. The summed E-state index contributed by atoms with van der Waals surface area (Å²) in [7, 11) is 0. The summed E-state index contributed by atoms with van der Waals surface area (Å²) in [6, 6.07) is 23.3. The van der Waals surface area contributed by atoms with Crippen molar-refractivity contribution in [3.8, 4) is 11.5 Å². The van der Waals surface area contributed by atoms with Crippen molar-refractivity contribution in [1.29, 1.82) is 0 Å². The molecule has 0 radical (unpaired) electrons. The number of hydrogen-bond acceptors (Lipinski definition) is 5. The number of ether oxygens (including phenoxy) is 2. The molecule has 0 heterocycles. The largest absolute Gasteiger partial charge is 0.490 e. The molecular weight excluding hydrogens is 462 g/mol. The highest BCUT2D eigenvalue weighted by molar-refractivity contribution is 7.80. The van der Waals surface area contributed by atoms with Crippen molar-refractivity contribution in [2.24, 2.45) is 0 Å². The van der Waals surface area contributed by atoms with E-state index in [4.69, 9.17) is 21.7 Å². The second-order valence-electron chi connectivity index (χ2n) is 7.81. The molecular formula is C27H29N3O4S. The van der Waals surface area contributed by atoms with Crippen molar-refractivity contribution in [2.75, 3.05) is 18.5 Å². The van der Waals surface area contributed by atoms with Crippen LogP contribution in [-0.4, -0.2) is 36.2 Å². The average Bonchev–Trinajstić information content (AvgIpc) is 2.87. The number of carbonyl (C=O) groups is 2. The van der Waals surface area contributed by atoms with E-state index in [-0.39, 0.29) is 23.0 Å². The minimum atomic E-state index is -0.363. The number of nitrogens with one attached hydrogen (secondary N) is 3. The predicted molar refractivity (Wildman–Crippen MR) is 141 cm³/mol. The van der Waals surface area contributed by atoms with Gasteiger partial charge in [-0.2, -0.15) is 0 Å². The number of benzene rings is 3. The molecule has 3 N–H and O–H groups in total. The third-order valence-electron chi connectivity index (χ3n) is 5.08. The molecule has 0 saturated carbocycles. The van der Waals surface area contributed by atoms with Crippen LogP contribution >= 0.6 is 12.2 Å². The van der Waals surface area contributed by atoms with Crippen molar-refractivity contribution in [2.45, 2.75) is 26.3 Å². The molecule has 0 aromatic heterocycles. The molecule has 0 fully saturated rings. The molecule has 182 valence electrons. The van der Waals surface area contributed by atoms with Crippen LogP contribution in [0.4, 0.5) is 5.69 Å². The molecule has 1 unspecified atom stereocenters. The van der Waals surface area contributed by atoms with Crippen LogP contribution in [0.2, 0.25) is 0 Å². The number of amides is 2. The standard InChI is InChI=1S/C27H29N3O4S/c1-3-19(2)28-25(31)20-12-14-22(15-13-20)29-27(35)30-26(32)21-8-7-11-24(18-21)34-17-16-33-23-9-5-4-6-10-23/h4-15,18-19H,3,16-17H2,1-2H3,(H,28,31)(H2,29,30,32,35). The van der Waals surface area contributed by atoms with Gasteiger partial charge in [-0.15, -0.1) is 0 Å². The van der Waals surface area contributed by atoms with Crippen molar-refractivity contribution >= 4 is 34.8 Å². The van der Waals surface area contributed by atoms with Gasteiger partial charge in [-0.05, 0) is 80.2 Å². The van der Waals surface area contributed by atoms with Crippen molar-refractivity contribution in [3.05, 3.63) is 90.0 Å². The summed E-state index contributed by atoms with van der Waals surface area (Å²) in [5.41, 5.74) is 1.62. The van der Waals surface area contributed by atoms with E-state index in [0.717, 1.165) is 12.2 Å². The van der Waals surface area contributed by atoms with E-state index in [2.05, 4.69) is 16.0 Å². The Morgan fingerprint density at radius 1 is 0.829 bits per heavy atom. The minimum absolute atomic E-state index is 0.106. The van der Waals surface area contributed by atoms with E-state index < -0.39 is 0 Å². The SMILES string of the molecule is CCC(C)NC(=O)c1ccc(NC(=S)NC(=O)c2cccc(OCCOc3ccccc3)c2)cc1. The van der Waals surface area contributed by atoms with Crippen LogP contribution in [0.15, 0.2) is 78.9 Å². The zero-order valence-corrected chi connectivity index (χ0v) is 20.6. The number of para-hydroxylation sites is 1. The maximum Gasteiger partial charge on any atom is 0.257 e. The summed E-state index contributed by atoms with van der Waals surface area (Å²) in [5.74, 6) is 0.835. The van der Waals surface area contributed by atoms with Gasteiger partial charge in [0.2, 0.25) is 0 Å². The number of hydrogen-bond donors (Lipinski definition) is 3. The lowest BCUT2D eigenvalue weighted by atomic mass is 10.1. The van der Waals surface area contributed by atoms with E-state index in [1.165, 1.54) is 0 Å². The Morgan fingerprint density at radius 2 is 1.49 bits per heavy atom. The lowest BCUT2D eigenvalue weighted by Gasteiger charge is -2.13. The maximum atomic E-state index is 12.6. The first-order valence-corrected chi connectivity index (χ1v) is 11.8. The fraction of sp³-hybridized carbons (Fsp3) is 0.222. The van der Waals surface area contributed by atoms with E-state index in [1.807, 2.05) is 44.2 Å². The Morgan fingerprint density at radius 3 is 2.17 bits per heavy atom. The monoisotopic (exact) mass is 491 g/mol. The van der Waals surface area contributed by atoms with Gasteiger partial charge in [0.25, 0.3) is 11.8 Å². The summed E-state index contributed by atoms with van der Waals surface area (Å²) in [6.07, 6.45) is 0.858. The number of anilines is 1.